The fourth-order valence-electron chi connectivity index (χ4n) is 1.09. The van der Waals surface area contributed by atoms with Gasteiger partial charge in [0.15, 0.2) is 0 Å². The molecule has 1 aromatic rings. The van der Waals surface area contributed by atoms with E-state index < -0.39 is 0 Å². The van der Waals surface area contributed by atoms with Gasteiger partial charge >= 0.3 is 0 Å². The number of halogens is 1. The number of rotatable bonds is 2. The van der Waals surface area contributed by atoms with Crippen molar-refractivity contribution in [3.63, 3.8) is 0 Å². The molecule has 1 atom stereocenters. The van der Waals surface area contributed by atoms with Crippen LogP contribution in [0.2, 0.25) is 0 Å². The molecule has 1 unspecified atom stereocenters. The third kappa shape index (κ3) is 2.20. The van der Waals surface area contributed by atoms with Crippen molar-refractivity contribution in [2.45, 2.75) is 19.4 Å². The van der Waals surface area contributed by atoms with E-state index in [0.29, 0.717) is 0 Å². The molecule has 1 rings (SSSR count). The average molecular weight is 168 g/mol. The molecular weight excluding hydrogens is 155 g/mol. The highest BCUT2D eigenvalue weighted by molar-refractivity contribution is 5.42. The van der Waals surface area contributed by atoms with Crippen LogP contribution in [0.1, 0.15) is 12.5 Å². The number of benzene rings is 1. The molecule has 0 saturated carbocycles. The standard InChI is InChI=1S/C9H13FN2/c1-6(11)4-7-2-3-8(10)9(12)5-7/h2-3,5-6H,4,11-12H2,1H3. The van der Waals surface area contributed by atoms with Gasteiger partial charge in [0.2, 0.25) is 0 Å². The first-order valence-electron chi connectivity index (χ1n) is 3.89. The second kappa shape index (κ2) is 3.54. The molecule has 2 nitrogen and oxygen atoms in total. The van der Waals surface area contributed by atoms with E-state index in [4.69, 9.17) is 11.5 Å². The summed E-state index contributed by atoms with van der Waals surface area (Å²) in [6, 6.07) is 4.77. The van der Waals surface area contributed by atoms with Gasteiger partial charge < -0.3 is 11.5 Å². The van der Waals surface area contributed by atoms with E-state index in [0.717, 1.165) is 12.0 Å². The first-order chi connectivity index (χ1) is 5.59. The summed E-state index contributed by atoms with van der Waals surface area (Å²) in [6.45, 7) is 1.90. The van der Waals surface area contributed by atoms with Crippen molar-refractivity contribution in [1.29, 1.82) is 0 Å². The van der Waals surface area contributed by atoms with Crippen molar-refractivity contribution >= 4 is 5.69 Å². The van der Waals surface area contributed by atoms with Gasteiger partial charge in [0.05, 0.1) is 5.69 Å². The number of anilines is 1. The van der Waals surface area contributed by atoms with Gasteiger partial charge in [0, 0.05) is 6.04 Å². The van der Waals surface area contributed by atoms with E-state index in [1.165, 1.54) is 6.07 Å². The second-order valence-corrected chi connectivity index (χ2v) is 3.04. The van der Waals surface area contributed by atoms with Gasteiger partial charge in [0.1, 0.15) is 5.82 Å². The lowest BCUT2D eigenvalue weighted by Gasteiger charge is -2.05. The lowest BCUT2D eigenvalue weighted by atomic mass is 10.1. The summed E-state index contributed by atoms with van der Waals surface area (Å²) in [5.74, 6) is -0.372. The molecule has 0 saturated heterocycles. The van der Waals surface area contributed by atoms with Crippen molar-refractivity contribution in [2.75, 3.05) is 5.73 Å². The SMILES string of the molecule is CC(N)Cc1ccc(F)c(N)c1. The first kappa shape index (κ1) is 9.00. The minimum Gasteiger partial charge on any atom is -0.396 e. The first-order valence-corrected chi connectivity index (χ1v) is 3.89. The Morgan fingerprint density at radius 3 is 2.67 bits per heavy atom. The quantitative estimate of drug-likeness (QED) is 0.654. The predicted octanol–water partition coefficient (Wildman–Crippen LogP) is 1.30. The van der Waals surface area contributed by atoms with Gasteiger partial charge in [-0.1, -0.05) is 6.07 Å². The highest BCUT2D eigenvalue weighted by Gasteiger charge is 2.01. The maximum absolute atomic E-state index is 12.7. The van der Waals surface area contributed by atoms with Crippen LogP contribution in [0.3, 0.4) is 0 Å². The van der Waals surface area contributed by atoms with Crippen LogP contribution in [0.25, 0.3) is 0 Å². The Balaban J connectivity index is 2.82. The smallest absolute Gasteiger partial charge is 0.146 e. The lowest BCUT2D eigenvalue weighted by Crippen LogP contribution is -2.17. The molecule has 0 amide bonds. The summed E-state index contributed by atoms with van der Waals surface area (Å²) in [4.78, 5) is 0. The van der Waals surface area contributed by atoms with Crippen LogP contribution in [0.5, 0.6) is 0 Å². The van der Waals surface area contributed by atoms with Crippen LogP contribution < -0.4 is 11.5 Å². The molecule has 0 bridgehead atoms. The molecule has 0 radical (unpaired) electrons. The van der Waals surface area contributed by atoms with Gasteiger partial charge in [-0.15, -0.1) is 0 Å². The highest BCUT2D eigenvalue weighted by Crippen LogP contribution is 2.12. The van der Waals surface area contributed by atoms with Gasteiger partial charge in [-0.05, 0) is 31.0 Å². The molecule has 0 heterocycles. The fraction of sp³-hybridized carbons (Fsp3) is 0.333. The molecule has 0 spiro atoms. The zero-order valence-electron chi connectivity index (χ0n) is 7.05. The average Bonchev–Trinajstić information content (AvgIpc) is 1.96. The third-order valence-electron chi connectivity index (χ3n) is 1.62. The molecule has 1 aromatic carbocycles. The molecule has 0 fully saturated rings. The van der Waals surface area contributed by atoms with Crippen LogP contribution in [-0.2, 0) is 6.42 Å². The number of nitrogen functional groups attached to an aromatic ring is 1. The normalized spacial score (nSPS) is 12.9. The molecular formula is C9H13FN2. The Morgan fingerprint density at radius 2 is 2.17 bits per heavy atom. The van der Waals surface area contributed by atoms with Crippen molar-refractivity contribution in [3.8, 4) is 0 Å². The van der Waals surface area contributed by atoms with E-state index in [-0.39, 0.29) is 17.5 Å². The number of hydrogen-bond donors (Lipinski definition) is 2. The number of hydrogen-bond acceptors (Lipinski definition) is 2. The van der Waals surface area contributed by atoms with Gasteiger partial charge in [-0.25, -0.2) is 4.39 Å². The van der Waals surface area contributed by atoms with Crippen LogP contribution in [0.15, 0.2) is 18.2 Å². The molecule has 0 aliphatic carbocycles. The summed E-state index contributed by atoms with van der Waals surface area (Å²) in [6.07, 6.45) is 0.727. The number of nitrogens with two attached hydrogens (primary N) is 2. The zero-order chi connectivity index (χ0) is 9.14. The fourth-order valence-corrected chi connectivity index (χ4v) is 1.09. The van der Waals surface area contributed by atoms with Gasteiger partial charge in [-0.2, -0.15) is 0 Å². The monoisotopic (exact) mass is 168 g/mol. The molecule has 4 N–H and O–H groups in total. The Bertz CT molecular complexity index is 271. The molecule has 0 aliphatic rings. The Kier molecular flexibility index (Phi) is 2.65. The zero-order valence-corrected chi connectivity index (χ0v) is 7.05. The summed E-state index contributed by atoms with van der Waals surface area (Å²) in [5, 5.41) is 0. The van der Waals surface area contributed by atoms with Crippen LogP contribution in [0.4, 0.5) is 10.1 Å². The predicted molar refractivity (Wildman–Crippen MR) is 48.2 cm³/mol. The second-order valence-electron chi connectivity index (χ2n) is 3.04. The molecule has 12 heavy (non-hydrogen) atoms. The molecule has 66 valence electrons. The summed E-state index contributed by atoms with van der Waals surface area (Å²) in [5.41, 5.74) is 12.1. The van der Waals surface area contributed by atoms with Crippen molar-refractivity contribution in [1.82, 2.24) is 0 Å². The van der Waals surface area contributed by atoms with E-state index >= 15 is 0 Å². The lowest BCUT2D eigenvalue weighted by molar-refractivity contribution is 0.630. The van der Waals surface area contributed by atoms with E-state index in [1.807, 2.05) is 6.92 Å². The van der Waals surface area contributed by atoms with E-state index in [2.05, 4.69) is 0 Å². The van der Waals surface area contributed by atoms with E-state index in [1.54, 1.807) is 12.1 Å². The highest BCUT2D eigenvalue weighted by atomic mass is 19.1. The van der Waals surface area contributed by atoms with Crippen LogP contribution in [-0.4, -0.2) is 6.04 Å². The molecule has 3 heteroatoms. The Hall–Kier alpha value is -1.09. The minimum absolute atomic E-state index is 0.0786. The summed E-state index contributed by atoms with van der Waals surface area (Å²) < 4.78 is 12.7. The van der Waals surface area contributed by atoms with E-state index in [9.17, 15) is 4.39 Å². The molecule has 0 aliphatic heterocycles. The molecule has 0 aromatic heterocycles. The van der Waals surface area contributed by atoms with Crippen LogP contribution >= 0.6 is 0 Å². The van der Waals surface area contributed by atoms with Crippen molar-refractivity contribution < 1.29 is 4.39 Å². The summed E-state index contributed by atoms with van der Waals surface area (Å²) in [7, 11) is 0. The van der Waals surface area contributed by atoms with Gasteiger partial charge in [-0.3, -0.25) is 0 Å². The third-order valence-corrected chi connectivity index (χ3v) is 1.62. The largest absolute Gasteiger partial charge is 0.396 e. The maximum atomic E-state index is 12.7. The summed E-state index contributed by atoms with van der Waals surface area (Å²) >= 11 is 0. The van der Waals surface area contributed by atoms with Crippen molar-refractivity contribution in [3.05, 3.63) is 29.6 Å². The Labute approximate surface area is 71.4 Å². The van der Waals surface area contributed by atoms with Gasteiger partial charge in [0.25, 0.3) is 0 Å². The van der Waals surface area contributed by atoms with Crippen molar-refractivity contribution in [2.24, 2.45) is 5.73 Å². The Morgan fingerprint density at radius 1 is 1.50 bits per heavy atom. The van der Waals surface area contributed by atoms with Crippen LogP contribution in [0, 0.1) is 5.82 Å². The topological polar surface area (TPSA) is 52.0 Å². The minimum atomic E-state index is -0.372. The maximum Gasteiger partial charge on any atom is 0.146 e.